The summed E-state index contributed by atoms with van der Waals surface area (Å²) in [5.74, 6) is -0.733. The summed E-state index contributed by atoms with van der Waals surface area (Å²) in [6.45, 7) is 0. The van der Waals surface area contributed by atoms with Crippen LogP contribution >= 0.6 is 0 Å². The van der Waals surface area contributed by atoms with Gasteiger partial charge in [-0.15, -0.1) is 0 Å². The van der Waals surface area contributed by atoms with Gasteiger partial charge in [0.25, 0.3) is 0 Å². The molecule has 134 valence electrons. The molecule has 5 N–H and O–H groups in total. The summed E-state index contributed by atoms with van der Waals surface area (Å²) in [6, 6.07) is 9.82. The van der Waals surface area contributed by atoms with Crippen LogP contribution in [0.2, 0.25) is 0 Å². The second kappa shape index (κ2) is 6.37. The molecule has 0 bridgehead atoms. The average molecular weight is 353 g/mol. The molecule has 26 heavy (non-hydrogen) atoms. The van der Waals surface area contributed by atoms with Gasteiger partial charge in [0, 0.05) is 35.0 Å². The van der Waals surface area contributed by atoms with Gasteiger partial charge in [-0.3, -0.25) is 10.2 Å². The van der Waals surface area contributed by atoms with Gasteiger partial charge in [-0.05, 0) is 11.6 Å². The van der Waals surface area contributed by atoms with Crippen molar-refractivity contribution in [1.82, 2.24) is 15.8 Å². The predicted molar refractivity (Wildman–Crippen MR) is 92.9 cm³/mol. The molecule has 0 radical (unpaired) electrons. The van der Waals surface area contributed by atoms with Gasteiger partial charge in [-0.25, -0.2) is 5.43 Å². The SMILES string of the molecule is COC(=O)CC1NNC2OC(N)=C(C#N)C(c3c[nH]c4ccccc34)C12. The predicted octanol–water partition coefficient (Wildman–Crippen LogP) is 0.957. The van der Waals surface area contributed by atoms with Crippen molar-refractivity contribution in [2.24, 2.45) is 11.7 Å². The number of benzene rings is 1. The first-order valence-electron chi connectivity index (χ1n) is 8.34. The molecule has 4 rings (SSSR count). The number of nitriles is 1. The van der Waals surface area contributed by atoms with Gasteiger partial charge in [0.1, 0.15) is 6.07 Å². The molecular weight excluding hydrogens is 334 g/mol. The summed E-state index contributed by atoms with van der Waals surface area (Å²) in [5, 5.41) is 10.7. The van der Waals surface area contributed by atoms with E-state index < -0.39 is 6.23 Å². The molecule has 3 heterocycles. The third-order valence-electron chi connectivity index (χ3n) is 5.13. The molecule has 1 aromatic heterocycles. The number of aromatic nitrogens is 1. The Hall–Kier alpha value is -3.02. The number of hydrogen-bond acceptors (Lipinski definition) is 7. The van der Waals surface area contributed by atoms with E-state index in [9.17, 15) is 10.1 Å². The molecule has 1 aromatic carbocycles. The Morgan fingerprint density at radius 1 is 1.38 bits per heavy atom. The standard InChI is InChI=1S/C18H19N5O3/c1-25-14(24)6-13-16-15(10(7-19)17(20)26-18(16)23-22-13)11-8-21-12-5-3-2-4-9(11)12/h2-5,8,13,15-16,18,21-23H,6,20H2,1H3. The van der Waals surface area contributed by atoms with Gasteiger partial charge >= 0.3 is 5.97 Å². The van der Waals surface area contributed by atoms with Crippen molar-refractivity contribution < 1.29 is 14.3 Å². The second-order valence-electron chi connectivity index (χ2n) is 6.45. The van der Waals surface area contributed by atoms with E-state index in [1.807, 2.05) is 30.5 Å². The first-order valence-corrected chi connectivity index (χ1v) is 8.34. The molecule has 8 heteroatoms. The molecule has 1 saturated heterocycles. The van der Waals surface area contributed by atoms with Gasteiger partial charge in [0.2, 0.25) is 5.88 Å². The van der Waals surface area contributed by atoms with Crippen molar-refractivity contribution >= 4 is 16.9 Å². The maximum atomic E-state index is 11.8. The fraction of sp³-hybridized carbons (Fsp3) is 0.333. The van der Waals surface area contributed by atoms with Crippen LogP contribution in [0, 0.1) is 17.2 Å². The number of ether oxygens (including phenoxy) is 2. The number of aromatic amines is 1. The van der Waals surface area contributed by atoms with Gasteiger partial charge in [-0.1, -0.05) is 18.2 Å². The Bertz CT molecular complexity index is 928. The second-order valence-corrected chi connectivity index (χ2v) is 6.45. The number of para-hydroxylation sites is 1. The smallest absolute Gasteiger partial charge is 0.307 e. The summed E-state index contributed by atoms with van der Waals surface area (Å²) in [6.07, 6.45) is 1.61. The number of esters is 1. The number of nitrogens with one attached hydrogen (secondary N) is 3. The minimum Gasteiger partial charge on any atom is -0.469 e. The van der Waals surface area contributed by atoms with Crippen molar-refractivity contribution in [3.05, 3.63) is 47.5 Å². The van der Waals surface area contributed by atoms with Crippen molar-refractivity contribution in [1.29, 1.82) is 5.26 Å². The number of rotatable bonds is 3. The van der Waals surface area contributed by atoms with E-state index in [1.54, 1.807) is 0 Å². The van der Waals surface area contributed by atoms with Crippen LogP contribution in [0.5, 0.6) is 0 Å². The molecule has 1 fully saturated rings. The summed E-state index contributed by atoms with van der Waals surface area (Å²) in [4.78, 5) is 15.1. The highest BCUT2D eigenvalue weighted by Gasteiger charge is 2.49. The molecule has 2 aliphatic rings. The molecule has 0 saturated carbocycles. The molecule has 2 aromatic rings. The Balaban J connectivity index is 1.83. The van der Waals surface area contributed by atoms with Crippen LogP contribution in [0.25, 0.3) is 10.9 Å². The van der Waals surface area contributed by atoms with Crippen LogP contribution in [0.1, 0.15) is 17.9 Å². The van der Waals surface area contributed by atoms with E-state index in [1.165, 1.54) is 7.11 Å². The zero-order valence-corrected chi connectivity index (χ0v) is 14.2. The molecule has 0 amide bonds. The van der Waals surface area contributed by atoms with Crippen LogP contribution in [0.4, 0.5) is 0 Å². The van der Waals surface area contributed by atoms with Crippen molar-refractivity contribution in [3.63, 3.8) is 0 Å². The minimum atomic E-state index is -0.444. The largest absolute Gasteiger partial charge is 0.469 e. The lowest BCUT2D eigenvalue weighted by atomic mass is 9.75. The lowest BCUT2D eigenvalue weighted by molar-refractivity contribution is -0.141. The Morgan fingerprint density at radius 3 is 2.96 bits per heavy atom. The monoisotopic (exact) mass is 353 g/mol. The normalized spacial score (nSPS) is 27.7. The Morgan fingerprint density at radius 2 is 2.19 bits per heavy atom. The van der Waals surface area contributed by atoms with Gasteiger partial charge in [0.15, 0.2) is 6.23 Å². The highest BCUT2D eigenvalue weighted by atomic mass is 16.5. The number of nitrogens with two attached hydrogens (primary N) is 1. The Kier molecular flexibility index (Phi) is 4.03. The van der Waals surface area contributed by atoms with Crippen molar-refractivity contribution in [2.45, 2.75) is 24.6 Å². The van der Waals surface area contributed by atoms with Crippen LogP contribution in [0.3, 0.4) is 0 Å². The lowest BCUT2D eigenvalue weighted by Gasteiger charge is -2.35. The Labute approximate surface area is 149 Å². The summed E-state index contributed by atoms with van der Waals surface area (Å²) in [5.41, 5.74) is 14.5. The molecule has 2 aliphatic heterocycles. The highest BCUT2D eigenvalue weighted by molar-refractivity contribution is 5.84. The first-order chi connectivity index (χ1) is 12.6. The number of methoxy groups -OCH3 is 1. The fourth-order valence-electron chi connectivity index (χ4n) is 3.94. The topological polar surface area (TPSA) is 125 Å². The molecule has 8 nitrogen and oxygen atoms in total. The van der Waals surface area contributed by atoms with Gasteiger partial charge in [0.05, 0.1) is 19.1 Å². The average Bonchev–Trinajstić information content (AvgIpc) is 3.25. The van der Waals surface area contributed by atoms with Crippen LogP contribution in [0.15, 0.2) is 41.9 Å². The highest BCUT2D eigenvalue weighted by Crippen LogP contribution is 2.45. The zero-order chi connectivity index (χ0) is 18.3. The van der Waals surface area contributed by atoms with E-state index in [-0.39, 0.29) is 36.2 Å². The molecule has 0 spiro atoms. The number of carbonyl (C=O) groups is 1. The quantitative estimate of drug-likeness (QED) is 0.606. The van der Waals surface area contributed by atoms with Gasteiger partial charge in [-0.2, -0.15) is 5.26 Å². The summed E-state index contributed by atoms with van der Waals surface area (Å²) >= 11 is 0. The number of hydrogen-bond donors (Lipinski definition) is 4. The fourth-order valence-corrected chi connectivity index (χ4v) is 3.94. The number of hydrazine groups is 1. The maximum absolute atomic E-state index is 11.8. The van der Waals surface area contributed by atoms with Gasteiger partial charge < -0.3 is 20.2 Å². The maximum Gasteiger partial charge on any atom is 0.307 e. The third-order valence-corrected chi connectivity index (χ3v) is 5.13. The summed E-state index contributed by atoms with van der Waals surface area (Å²) in [7, 11) is 1.36. The van der Waals surface area contributed by atoms with Crippen LogP contribution < -0.4 is 16.6 Å². The minimum absolute atomic E-state index is 0.108. The van der Waals surface area contributed by atoms with E-state index in [2.05, 4.69) is 21.9 Å². The molecule has 4 unspecified atom stereocenters. The zero-order valence-electron chi connectivity index (χ0n) is 14.2. The summed E-state index contributed by atoms with van der Waals surface area (Å²) < 4.78 is 10.5. The van der Waals surface area contributed by atoms with Crippen LogP contribution in [-0.4, -0.2) is 30.3 Å². The number of carbonyl (C=O) groups excluding carboxylic acids is 1. The number of fused-ring (bicyclic) bond motifs is 2. The van der Waals surface area contributed by atoms with Crippen molar-refractivity contribution in [2.75, 3.05) is 7.11 Å². The molecule has 0 aliphatic carbocycles. The van der Waals surface area contributed by atoms with Crippen LogP contribution in [-0.2, 0) is 14.3 Å². The van der Waals surface area contributed by atoms with E-state index >= 15 is 0 Å². The first kappa shape index (κ1) is 16.4. The number of nitrogens with zero attached hydrogens (tertiary/aromatic N) is 1. The van der Waals surface area contributed by atoms with E-state index in [0.717, 1.165) is 16.5 Å². The van der Waals surface area contributed by atoms with E-state index in [0.29, 0.717) is 5.57 Å². The lowest BCUT2D eigenvalue weighted by Crippen LogP contribution is -2.41. The number of allylic oxidation sites excluding steroid dienone is 1. The van der Waals surface area contributed by atoms with Crippen molar-refractivity contribution in [3.8, 4) is 6.07 Å². The molecule has 4 atom stereocenters. The third kappa shape index (κ3) is 2.49. The molecular formula is C18H19N5O3. The number of H-pyrrole nitrogens is 1. The van der Waals surface area contributed by atoms with E-state index in [4.69, 9.17) is 15.2 Å².